The first-order valence-electron chi connectivity index (χ1n) is 7.80. The van der Waals surface area contributed by atoms with Crippen molar-refractivity contribution in [1.29, 1.82) is 0 Å². The van der Waals surface area contributed by atoms with Gasteiger partial charge < -0.3 is 4.74 Å². The zero-order valence-corrected chi connectivity index (χ0v) is 14.2. The second kappa shape index (κ2) is 6.56. The molecule has 1 aliphatic rings. The molecule has 1 aromatic rings. The highest BCUT2D eigenvalue weighted by Gasteiger charge is 2.38. The normalized spacial score (nSPS) is 26.7. The van der Waals surface area contributed by atoms with Crippen molar-refractivity contribution in [1.82, 2.24) is 0 Å². The van der Waals surface area contributed by atoms with Crippen LogP contribution in [-0.2, 0) is 6.42 Å². The van der Waals surface area contributed by atoms with Gasteiger partial charge in [-0.3, -0.25) is 0 Å². The maximum absolute atomic E-state index is 13.8. The van der Waals surface area contributed by atoms with Crippen LogP contribution in [0.4, 0.5) is 4.39 Å². The van der Waals surface area contributed by atoms with Gasteiger partial charge in [-0.15, -0.1) is 11.6 Å². The van der Waals surface area contributed by atoms with Crippen LogP contribution in [-0.4, -0.2) is 12.5 Å². The number of methoxy groups -OCH3 is 1. The summed E-state index contributed by atoms with van der Waals surface area (Å²) in [5, 5.41) is 0.229. The second-order valence-electron chi connectivity index (χ2n) is 7.17. The van der Waals surface area contributed by atoms with Crippen molar-refractivity contribution in [3.05, 3.63) is 29.6 Å². The molecular weight excluding hydrogens is 287 g/mol. The predicted molar refractivity (Wildman–Crippen MR) is 86.6 cm³/mol. The van der Waals surface area contributed by atoms with Crippen LogP contribution in [0, 0.1) is 23.1 Å². The van der Waals surface area contributed by atoms with Gasteiger partial charge in [0.25, 0.3) is 0 Å². The van der Waals surface area contributed by atoms with Crippen molar-refractivity contribution in [3.8, 4) is 5.75 Å². The van der Waals surface area contributed by atoms with Gasteiger partial charge in [0.15, 0.2) is 11.6 Å². The Balaban J connectivity index is 2.11. The Morgan fingerprint density at radius 3 is 2.62 bits per heavy atom. The summed E-state index contributed by atoms with van der Waals surface area (Å²) in [4.78, 5) is 0. The van der Waals surface area contributed by atoms with Crippen molar-refractivity contribution in [2.75, 3.05) is 7.11 Å². The highest BCUT2D eigenvalue weighted by atomic mass is 35.5. The fourth-order valence-corrected chi connectivity index (χ4v) is 4.44. The SMILES string of the molecule is COc1ccc(CC(C)(C)C2CCC(C)CC2Cl)cc1F. The molecule has 1 aliphatic carbocycles. The highest BCUT2D eigenvalue weighted by molar-refractivity contribution is 6.20. The van der Waals surface area contributed by atoms with Gasteiger partial charge in [-0.2, -0.15) is 0 Å². The summed E-state index contributed by atoms with van der Waals surface area (Å²) in [6, 6.07) is 5.26. The molecule has 0 spiro atoms. The van der Waals surface area contributed by atoms with E-state index in [-0.39, 0.29) is 16.6 Å². The number of halogens is 2. The molecule has 0 saturated heterocycles. The lowest BCUT2D eigenvalue weighted by molar-refractivity contribution is 0.141. The van der Waals surface area contributed by atoms with E-state index in [0.717, 1.165) is 24.3 Å². The largest absolute Gasteiger partial charge is 0.494 e. The van der Waals surface area contributed by atoms with Crippen LogP contribution in [0.3, 0.4) is 0 Å². The lowest BCUT2D eigenvalue weighted by atomic mass is 9.66. The first-order valence-corrected chi connectivity index (χ1v) is 8.23. The maximum atomic E-state index is 13.8. The predicted octanol–water partition coefficient (Wildman–Crippen LogP) is 5.45. The van der Waals surface area contributed by atoms with Gasteiger partial charge in [0.05, 0.1) is 7.11 Å². The van der Waals surface area contributed by atoms with Crippen molar-refractivity contribution in [2.24, 2.45) is 17.3 Å². The number of hydrogen-bond donors (Lipinski definition) is 0. The molecule has 0 amide bonds. The summed E-state index contributed by atoms with van der Waals surface area (Å²) in [6.45, 7) is 6.79. The van der Waals surface area contributed by atoms with Gasteiger partial charge in [0, 0.05) is 5.38 Å². The minimum absolute atomic E-state index is 0.0770. The molecule has 3 atom stereocenters. The monoisotopic (exact) mass is 312 g/mol. The van der Waals surface area contributed by atoms with Crippen LogP contribution in [0.2, 0.25) is 0 Å². The van der Waals surface area contributed by atoms with Gasteiger partial charge in [-0.05, 0) is 54.2 Å². The minimum Gasteiger partial charge on any atom is -0.494 e. The number of benzene rings is 1. The summed E-state index contributed by atoms with van der Waals surface area (Å²) in [6.07, 6.45) is 4.35. The fraction of sp³-hybridized carbons (Fsp3) is 0.667. The van der Waals surface area contributed by atoms with Crippen LogP contribution in [0.1, 0.15) is 45.6 Å². The molecule has 0 aromatic heterocycles. The molecule has 1 aromatic carbocycles. The zero-order chi connectivity index (χ0) is 15.6. The van der Waals surface area contributed by atoms with Gasteiger partial charge in [-0.1, -0.05) is 33.3 Å². The number of ether oxygens (including phenoxy) is 1. The van der Waals surface area contributed by atoms with Crippen molar-refractivity contribution in [3.63, 3.8) is 0 Å². The molecule has 2 rings (SSSR count). The molecule has 1 saturated carbocycles. The number of hydrogen-bond acceptors (Lipinski definition) is 1. The van der Waals surface area contributed by atoms with E-state index >= 15 is 0 Å². The maximum Gasteiger partial charge on any atom is 0.165 e. The third kappa shape index (κ3) is 3.91. The molecule has 21 heavy (non-hydrogen) atoms. The number of alkyl halides is 1. The summed E-state index contributed by atoms with van der Waals surface area (Å²) in [5.74, 6) is 1.22. The van der Waals surface area contributed by atoms with Gasteiger partial charge in [-0.25, -0.2) is 4.39 Å². The van der Waals surface area contributed by atoms with Crippen molar-refractivity contribution < 1.29 is 9.13 Å². The van der Waals surface area contributed by atoms with Crippen molar-refractivity contribution >= 4 is 11.6 Å². The first kappa shape index (κ1) is 16.6. The standard InChI is InChI=1S/C18H26ClFO/c1-12-5-7-14(15(19)9-12)18(2,3)11-13-6-8-17(21-4)16(20)10-13/h6,8,10,12,14-15H,5,7,9,11H2,1-4H3. The van der Waals surface area contributed by atoms with Crippen molar-refractivity contribution in [2.45, 2.75) is 51.8 Å². The Labute approximate surface area is 132 Å². The molecule has 3 unspecified atom stereocenters. The molecule has 0 aliphatic heterocycles. The van der Waals surface area contributed by atoms with Crippen LogP contribution in [0.25, 0.3) is 0 Å². The van der Waals surface area contributed by atoms with E-state index in [1.54, 1.807) is 12.1 Å². The van der Waals surface area contributed by atoms with E-state index in [1.165, 1.54) is 20.0 Å². The molecule has 0 heterocycles. The van der Waals surface area contributed by atoms with Gasteiger partial charge >= 0.3 is 0 Å². The van der Waals surface area contributed by atoms with Crippen LogP contribution < -0.4 is 4.74 Å². The molecule has 0 radical (unpaired) electrons. The van der Waals surface area contributed by atoms with Gasteiger partial charge in [0.2, 0.25) is 0 Å². The third-order valence-corrected chi connectivity index (χ3v) is 5.40. The topological polar surface area (TPSA) is 9.23 Å². The van der Waals surface area contributed by atoms with E-state index < -0.39 is 0 Å². The van der Waals surface area contributed by atoms with E-state index in [9.17, 15) is 4.39 Å². The zero-order valence-electron chi connectivity index (χ0n) is 13.5. The average Bonchev–Trinajstić information content (AvgIpc) is 2.37. The molecule has 0 N–H and O–H groups in total. The Morgan fingerprint density at radius 1 is 1.33 bits per heavy atom. The van der Waals surface area contributed by atoms with E-state index in [4.69, 9.17) is 16.3 Å². The molecule has 1 fully saturated rings. The highest BCUT2D eigenvalue weighted by Crippen LogP contribution is 2.44. The first-order chi connectivity index (χ1) is 9.83. The molecule has 118 valence electrons. The molecule has 3 heteroatoms. The molecular formula is C18H26ClFO. The Morgan fingerprint density at radius 2 is 2.05 bits per heavy atom. The number of rotatable bonds is 4. The fourth-order valence-electron chi connectivity index (χ4n) is 3.67. The smallest absolute Gasteiger partial charge is 0.165 e. The lowest BCUT2D eigenvalue weighted by Gasteiger charge is -2.42. The van der Waals surface area contributed by atoms with E-state index in [0.29, 0.717) is 11.7 Å². The summed E-state index contributed by atoms with van der Waals surface area (Å²) < 4.78 is 18.8. The Hall–Kier alpha value is -0.760. The third-order valence-electron chi connectivity index (χ3n) is 4.91. The molecule has 0 bridgehead atoms. The second-order valence-corrected chi connectivity index (χ2v) is 7.74. The van der Waals surface area contributed by atoms with Crippen LogP contribution >= 0.6 is 11.6 Å². The van der Waals surface area contributed by atoms with E-state index in [2.05, 4.69) is 20.8 Å². The lowest BCUT2D eigenvalue weighted by Crippen LogP contribution is -2.37. The minimum atomic E-state index is -0.287. The van der Waals surface area contributed by atoms with Crippen LogP contribution in [0.5, 0.6) is 5.75 Å². The average molecular weight is 313 g/mol. The van der Waals surface area contributed by atoms with E-state index in [1.807, 2.05) is 6.07 Å². The Bertz CT molecular complexity index is 486. The quantitative estimate of drug-likeness (QED) is 0.672. The summed E-state index contributed by atoms with van der Waals surface area (Å²) in [7, 11) is 1.49. The van der Waals surface area contributed by atoms with Crippen LogP contribution in [0.15, 0.2) is 18.2 Å². The molecule has 1 nitrogen and oxygen atoms in total. The van der Waals surface area contributed by atoms with Gasteiger partial charge in [0.1, 0.15) is 0 Å². The summed E-state index contributed by atoms with van der Waals surface area (Å²) >= 11 is 6.61. The Kier molecular flexibility index (Phi) is 5.19. The summed E-state index contributed by atoms with van der Waals surface area (Å²) in [5.41, 5.74) is 1.09.